The van der Waals surface area contributed by atoms with Gasteiger partial charge in [-0.3, -0.25) is 0 Å². The molecular formula is C14H21NO3S. The molecule has 4 nitrogen and oxygen atoms in total. The fourth-order valence-corrected chi connectivity index (χ4v) is 3.80. The van der Waals surface area contributed by atoms with Gasteiger partial charge < -0.3 is 10.1 Å². The minimum atomic E-state index is -2.94. The van der Waals surface area contributed by atoms with Crippen molar-refractivity contribution in [2.24, 2.45) is 0 Å². The van der Waals surface area contributed by atoms with Crippen LogP contribution in [0.2, 0.25) is 0 Å². The Morgan fingerprint density at radius 3 is 2.58 bits per heavy atom. The lowest BCUT2D eigenvalue weighted by Crippen LogP contribution is -2.25. The van der Waals surface area contributed by atoms with Crippen LogP contribution < -0.4 is 10.1 Å². The van der Waals surface area contributed by atoms with E-state index in [1.165, 1.54) is 0 Å². The zero-order valence-electron chi connectivity index (χ0n) is 11.4. The zero-order chi connectivity index (χ0) is 13.9. The molecule has 0 amide bonds. The molecule has 1 aliphatic heterocycles. The largest absolute Gasteiger partial charge is 0.491 e. The fourth-order valence-electron chi connectivity index (χ4n) is 2.23. The second kappa shape index (κ2) is 5.92. The molecule has 1 atom stereocenters. The number of ether oxygens (including phenoxy) is 1. The first kappa shape index (κ1) is 14.3. The molecule has 1 aromatic rings. The number of sulfone groups is 1. The third-order valence-electron chi connectivity index (χ3n) is 3.10. The van der Waals surface area contributed by atoms with Crippen molar-refractivity contribution in [3.63, 3.8) is 0 Å². The van der Waals surface area contributed by atoms with Gasteiger partial charge in [-0.15, -0.1) is 0 Å². The lowest BCUT2D eigenvalue weighted by atomic mass is 10.1. The first-order valence-electron chi connectivity index (χ1n) is 6.67. The van der Waals surface area contributed by atoms with Crippen molar-refractivity contribution in [2.45, 2.75) is 32.4 Å². The van der Waals surface area contributed by atoms with E-state index in [0.717, 1.165) is 17.9 Å². The topological polar surface area (TPSA) is 55.4 Å². The monoisotopic (exact) mass is 283 g/mol. The maximum atomic E-state index is 11.8. The molecule has 1 aromatic carbocycles. The third-order valence-corrected chi connectivity index (χ3v) is 4.85. The van der Waals surface area contributed by atoms with E-state index >= 15 is 0 Å². The predicted molar refractivity (Wildman–Crippen MR) is 76.2 cm³/mol. The smallest absolute Gasteiger partial charge is 0.152 e. The number of nitrogens with one attached hydrogen (secondary N) is 1. The molecule has 0 aromatic heterocycles. The second-order valence-electron chi connectivity index (χ2n) is 5.21. The minimum Gasteiger partial charge on any atom is -0.491 e. The zero-order valence-corrected chi connectivity index (χ0v) is 12.2. The first-order chi connectivity index (χ1) is 8.96. The lowest BCUT2D eigenvalue weighted by molar-refractivity contribution is 0.242. The Kier molecular flexibility index (Phi) is 4.47. The number of rotatable bonds is 3. The normalized spacial score (nSPS) is 23.0. The number of hydrogen-bond donors (Lipinski definition) is 1. The van der Waals surface area contributed by atoms with Crippen LogP contribution in [0.1, 0.15) is 31.9 Å². The summed E-state index contributed by atoms with van der Waals surface area (Å²) in [5.74, 6) is 1.28. The van der Waals surface area contributed by atoms with E-state index in [2.05, 4.69) is 5.32 Å². The summed E-state index contributed by atoms with van der Waals surface area (Å²) in [6.45, 7) is 4.70. The predicted octanol–water partition coefficient (Wildman–Crippen LogP) is 1.92. The molecule has 1 unspecified atom stereocenters. The average molecular weight is 283 g/mol. The Morgan fingerprint density at radius 2 is 1.95 bits per heavy atom. The third kappa shape index (κ3) is 4.21. The van der Waals surface area contributed by atoms with Gasteiger partial charge in [0.05, 0.1) is 17.6 Å². The fraction of sp³-hybridized carbons (Fsp3) is 0.571. The maximum absolute atomic E-state index is 11.8. The Balaban J connectivity index is 2.12. The Labute approximate surface area is 115 Å². The van der Waals surface area contributed by atoms with E-state index in [1.54, 1.807) is 0 Å². The van der Waals surface area contributed by atoms with E-state index in [9.17, 15) is 8.42 Å². The molecule has 0 aliphatic carbocycles. The van der Waals surface area contributed by atoms with Crippen LogP contribution in [0.5, 0.6) is 5.75 Å². The summed E-state index contributed by atoms with van der Waals surface area (Å²) >= 11 is 0. The summed E-state index contributed by atoms with van der Waals surface area (Å²) in [5, 5.41) is 3.29. The molecule has 1 fully saturated rings. The molecule has 0 bridgehead atoms. The summed E-state index contributed by atoms with van der Waals surface area (Å²) in [6, 6.07) is 7.57. The van der Waals surface area contributed by atoms with Crippen molar-refractivity contribution in [3.05, 3.63) is 29.8 Å². The summed E-state index contributed by atoms with van der Waals surface area (Å²) in [4.78, 5) is 0. The number of hydrogen-bond acceptors (Lipinski definition) is 4. The van der Waals surface area contributed by atoms with Gasteiger partial charge in [-0.25, -0.2) is 8.42 Å². The van der Waals surface area contributed by atoms with E-state index < -0.39 is 9.84 Å². The quantitative estimate of drug-likeness (QED) is 0.921. The van der Waals surface area contributed by atoms with Crippen molar-refractivity contribution in [3.8, 4) is 5.75 Å². The molecule has 1 N–H and O–H groups in total. The van der Waals surface area contributed by atoms with Gasteiger partial charge >= 0.3 is 0 Å². The molecule has 5 heteroatoms. The van der Waals surface area contributed by atoms with E-state index in [4.69, 9.17) is 4.74 Å². The van der Waals surface area contributed by atoms with Crippen LogP contribution in [0.25, 0.3) is 0 Å². The highest BCUT2D eigenvalue weighted by Crippen LogP contribution is 2.21. The standard InChI is InChI=1S/C14H21NO3S/c1-11(2)18-13-6-4-12(5-7-13)14-10-19(16,17)9-3-8-15-14/h4-7,11,14-15H,3,8-10H2,1-2H3. The van der Waals surface area contributed by atoms with Gasteiger partial charge in [0.25, 0.3) is 0 Å². The highest BCUT2D eigenvalue weighted by atomic mass is 32.2. The van der Waals surface area contributed by atoms with Crippen LogP contribution in [0.4, 0.5) is 0 Å². The van der Waals surface area contributed by atoms with Crippen LogP contribution in [-0.2, 0) is 9.84 Å². The summed E-state index contributed by atoms with van der Waals surface area (Å²) in [6.07, 6.45) is 0.829. The van der Waals surface area contributed by atoms with Gasteiger partial charge in [0, 0.05) is 6.04 Å². The van der Waals surface area contributed by atoms with Gasteiger partial charge in [-0.05, 0) is 44.5 Å². The van der Waals surface area contributed by atoms with Crippen molar-refractivity contribution in [1.29, 1.82) is 0 Å². The molecular weight excluding hydrogens is 262 g/mol. The summed E-state index contributed by atoms with van der Waals surface area (Å²) in [7, 11) is -2.94. The van der Waals surface area contributed by atoms with Crippen molar-refractivity contribution >= 4 is 9.84 Å². The second-order valence-corrected chi connectivity index (χ2v) is 7.44. The SMILES string of the molecule is CC(C)Oc1ccc(C2CS(=O)(=O)CCCN2)cc1. The molecule has 106 valence electrons. The van der Waals surface area contributed by atoms with Crippen LogP contribution in [0.15, 0.2) is 24.3 Å². The molecule has 0 radical (unpaired) electrons. The molecule has 1 aliphatic rings. The van der Waals surface area contributed by atoms with Crippen molar-refractivity contribution in [1.82, 2.24) is 5.32 Å². The van der Waals surface area contributed by atoms with Gasteiger partial charge in [0.15, 0.2) is 9.84 Å². The minimum absolute atomic E-state index is 0.111. The van der Waals surface area contributed by atoms with Gasteiger partial charge in [-0.2, -0.15) is 0 Å². The van der Waals surface area contributed by atoms with Crippen LogP contribution in [0.3, 0.4) is 0 Å². The Hall–Kier alpha value is -1.07. The number of benzene rings is 1. The molecule has 1 heterocycles. The van der Waals surface area contributed by atoms with Crippen LogP contribution in [-0.4, -0.2) is 32.6 Å². The molecule has 1 saturated heterocycles. The molecule has 0 spiro atoms. The molecule has 0 saturated carbocycles. The van der Waals surface area contributed by atoms with E-state index in [0.29, 0.717) is 6.42 Å². The van der Waals surface area contributed by atoms with Gasteiger partial charge in [-0.1, -0.05) is 12.1 Å². The summed E-state index contributed by atoms with van der Waals surface area (Å²) in [5.41, 5.74) is 1.00. The van der Waals surface area contributed by atoms with Gasteiger partial charge in [0.1, 0.15) is 5.75 Å². The van der Waals surface area contributed by atoms with Crippen LogP contribution in [0, 0.1) is 0 Å². The Bertz CT molecular complexity index is 508. The molecule has 19 heavy (non-hydrogen) atoms. The first-order valence-corrected chi connectivity index (χ1v) is 8.49. The van der Waals surface area contributed by atoms with Crippen molar-refractivity contribution < 1.29 is 13.2 Å². The van der Waals surface area contributed by atoms with Crippen molar-refractivity contribution in [2.75, 3.05) is 18.1 Å². The van der Waals surface area contributed by atoms with E-state index in [-0.39, 0.29) is 23.7 Å². The molecule has 2 rings (SSSR count). The highest BCUT2D eigenvalue weighted by Gasteiger charge is 2.23. The van der Waals surface area contributed by atoms with E-state index in [1.807, 2.05) is 38.1 Å². The van der Waals surface area contributed by atoms with Crippen LogP contribution >= 0.6 is 0 Å². The van der Waals surface area contributed by atoms with Gasteiger partial charge in [0.2, 0.25) is 0 Å². The lowest BCUT2D eigenvalue weighted by Gasteiger charge is -2.17. The Morgan fingerprint density at radius 1 is 1.26 bits per heavy atom. The maximum Gasteiger partial charge on any atom is 0.152 e. The highest BCUT2D eigenvalue weighted by molar-refractivity contribution is 7.91. The average Bonchev–Trinajstić information content (AvgIpc) is 2.50. The summed E-state index contributed by atoms with van der Waals surface area (Å²) < 4.78 is 29.2.